The first-order valence-corrected chi connectivity index (χ1v) is 12.5. The van der Waals surface area contributed by atoms with Gasteiger partial charge in [-0.2, -0.15) is 4.98 Å². The Morgan fingerprint density at radius 2 is 1.70 bits per heavy atom. The molecule has 1 heterocycles. The third-order valence-electron chi connectivity index (χ3n) is 7.42. The highest BCUT2D eigenvalue weighted by atomic mass is 19.1. The van der Waals surface area contributed by atoms with Gasteiger partial charge < -0.3 is 26.4 Å². The Hall–Kier alpha value is -3.98. The average molecular weight is 503 g/mol. The number of anilines is 5. The number of hydrogen-bond donors (Lipinski definition) is 4. The van der Waals surface area contributed by atoms with Gasteiger partial charge in [-0.3, -0.25) is 4.79 Å². The highest BCUT2D eigenvalue weighted by Gasteiger charge is 2.47. The van der Waals surface area contributed by atoms with Crippen molar-refractivity contribution in [3.63, 3.8) is 0 Å². The zero-order valence-electron chi connectivity index (χ0n) is 20.6. The van der Waals surface area contributed by atoms with Crippen LogP contribution in [0.1, 0.15) is 38.5 Å². The van der Waals surface area contributed by atoms with E-state index in [1.54, 1.807) is 24.3 Å². The molecule has 8 nitrogen and oxygen atoms in total. The quantitative estimate of drug-likeness (QED) is 0.279. The summed E-state index contributed by atoms with van der Waals surface area (Å²) in [6, 6.07) is 14.5. The van der Waals surface area contributed by atoms with Crippen molar-refractivity contribution in [2.75, 3.05) is 22.6 Å². The zero-order valence-corrected chi connectivity index (χ0v) is 20.6. The standard InChI is InChI=1S/C28H31FN6O2/c1-2-24(36)32-19-5-3-6-20(15-19)33-25-23(29)17-31-26(35-25)34-21-7-4-8-22(16-21)37-18-27-9-12-28(30,13-10-27)14-11-27/h2-8,15-17H,1,9-14,18,30H2,(H,32,36)(H2,31,33,34,35). The van der Waals surface area contributed by atoms with E-state index in [1.165, 1.54) is 6.08 Å². The van der Waals surface area contributed by atoms with E-state index in [2.05, 4.69) is 32.5 Å². The Morgan fingerprint density at radius 3 is 2.43 bits per heavy atom. The van der Waals surface area contributed by atoms with Crippen LogP contribution in [0, 0.1) is 11.2 Å². The van der Waals surface area contributed by atoms with Gasteiger partial charge in [-0.1, -0.05) is 18.7 Å². The monoisotopic (exact) mass is 502 g/mol. The van der Waals surface area contributed by atoms with E-state index in [1.807, 2.05) is 24.3 Å². The number of ether oxygens (including phenoxy) is 1. The third-order valence-corrected chi connectivity index (χ3v) is 7.42. The Balaban J connectivity index is 1.24. The van der Waals surface area contributed by atoms with Gasteiger partial charge >= 0.3 is 0 Å². The molecule has 0 saturated heterocycles. The van der Waals surface area contributed by atoms with Crippen LogP contribution in [0.15, 0.2) is 67.4 Å². The van der Waals surface area contributed by atoms with E-state index in [0.29, 0.717) is 18.0 Å². The fourth-order valence-electron chi connectivity index (χ4n) is 5.06. The van der Waals surface area contributed by atoms with Crippen molar-refractivity contribution < 1.29 is 13.9 Å². The number of nitrogens with one attached hydrogen (secondary N) is 3. The molecule has 1 amide bonds. The number of carbonyl (C=O) groups excluding carboxylic acids is 1. The summed E-state index contributed by atoms with van der Waals surface area (Å²) in [6.45, 7) is 4.12. The predicted molar refractivity (Wildman–Crippen MR) is 143 cm³/mol. The lowest BCUT2D eigenvalue weighted by atomic mass is 9.58. The SMILES string of the molecule is C=CC(=O)Nc1cccc(Nc2nc(Nc3cccc(OCC45CCC(N)(CC4)CC5)c3)ncc2F)c1. The molecule has 3 aliphatic carbocycles. The van der Waals surface area contributed by atoms with Crippen LogP contribution in [-0.4, -0.2) is 28.0 Å². The Labute approximate surface area is 215 Å². The van der Waals surface area contributed by atoms with E-state index in [4.69, 9.17) is 10.5 Å². The number of carbonyl (C=O) groups is 1. The minimum Gasteiger partial charge on any atom is -0.493 e. The first-order chi connectivity index (χ1) is 17.8. The molecular formula is C28H31FN6O2. The van der Waals surface area contributed by atoms with Crippen molar-refractivity contribution in [3.8, 4) is 5.75 Å². The lowest BCUT2D eigenvalue weighted by Crippen LogP contribution is -2.53. The first-order valence-electron chi connectivity index (χ1n) is 12.5. The van der Waals surface area contributed by atoms with Crippen LogP contribution in [0.25, 0.3) is 0 Å². The van der Waals surface area contributed by atoms with E-state index in [0.717, 1.165) is 56.2 Å². The summed E-state index contributed by atoms with van der Waals surface area (Å²) < 4.78 is 20.7. The molecule has 0 spiro atoms. The Bertz CT molecular complexity index is 1290. The van der Waals surface area contributed by atoms with Gasteiger partial charge in [0.2, 0.25) is 11.9 Å². The van der Waals surface area contributed by atoms with E-state index in [9.17, 15) is 9.18 Å². The molecule has 0 unspecified atom stereocenters. The summed E-state index contributed by atoms with van der Waals surface area (Å²) in [5.74, 6) is 0.0476. The second-order valence-electron chi connectivity index (χ2n) is 10.1. The average Bonchev–Trinajstić information content (AvgIpc) is 2.91. The molecule has 5 N–H and O–H groups in total. The highest BCUT2D eigenvalue weighted by molar-refractivity contribution is 5.99. The molecule has 3 aromatic rings. The largest absolute Gasteiger partial charge is 0.493 e. The third kappa shape index (κ3) is 5.89. The fourth-order valence-corrected chi connectivity index (χ4v) is 5.06. The molecule has 3 aliphatic rings. The number of nitrogens with two attached hydrogens (primary N) is 1. The van der Waals surface area contributed by atoms with Gasteiger partial charge in [-0.25, -0.2) is 9.37 Å². The summed E-state index contributed by atoms with van der Waals surface area (Å²) in [5.41, 5.74) is 8.53. The Morgan fingerprint density at radius 1 is 1.03 bits per heavy atom. The number of rotatable bonds is 9. The maximum absolute atomic E-state index is 14.5. The van der Waals surface area contributed by atoms with Crippen LogP contribution in [0.2, 0.25) is 0 Å². The molecule has 37 heavy (non-hydrogen) atoms. The van der Waals surface area contributed by atoms with Crippen molar-refractivity contribution in [1.29, 1.82) is 0 Å². The van der Waals surface area contributed by atoms with Crippen LogP contribution < -0.4 is 26.4 Å². The number of benzene rings is 2. The molecule has 192 valence electrons. The number of amides is 1. The Kier molecular flexibility index (Phi) is 6.80. The lowest BCUT2D eigenvalue weighted by molar-refractivity contribution is -0.111. The molecule has 0 atom stereocenters. The fraction of sp³-hybridized carbons (Fsp3) is 0.321. The normalized spacial score (nSPS) is 22.2. The van der Waals surface area contributed by atoms with Crippen LogP contribution >= 0.6 is 0 Å². The second kappa shape index (κ2) is 10.2. The van der Waals surface area contributed by atoms with Crippen molar-refractivity contribution in [2.24, 2.45) is 11.1 Å². The highest BCUT2D eigenvalue weighted by Crippen LogP contribution is 2.51. The number of aromatic nitrogens is 2. The molecule has 3 fully saturated rings. The van der Waals surface area contributed by atoms with Gasteiger partial charge in [0, 0.05) is 34.1 Å². The number of fused-ring (bicyclic) bond motifs is 3. The van der Waals surface area contributed by atoms with Crippen LogP contribution in [-0.2, 0) is 4.79 Å². The van der Waals surface area contributed by atoms with Gasteiger partial charge in [-0.05, 0) is 74.9 Å². The predicted octanol–water partition coefficient (Wildman–Crippen LogP) is 5.66. The maximum atomic E-state index is 14.5. The molecule has 0 aliphatic heterocycles. The molecule has 2 bridgehead atoms. The summed E-state index contributed by atoms with van der Waals surface area (Å²) in [7, 11) is 0. The summed E-state index contributed by atoms with van der Waals surface area (Å²) >= 11 is 0. The van der Waals surface area contributed by atoms with Crippen molar-refractivity contribution in [1.82, 2.24) is 9.97 Å². The summed E-state index contributed by atoms with van der Waals surface area (Å²) in [5, 5.41) is 8.73. The summed E-state index contributed by atoms with van der Waals surface area (Å²) in [6.07, 6.45) is 8.85. The first kappa shape index (κ1) is 24.7. The maximum Gasteiger partial charge on any atom is 0.247 e. The van der Waals surface area contributed by atoms with Crippen molar-refractivity contribution in [3.05, 3.63) is 73.2 Å². The minimum atomic E-state index is -0.608. The van der Waals surface area contributed by atoms with E-state index in [-0.39, 0.29) is 28.6 Å². The number of hydrogen-bond acceptors (Lipinski definition) is 7. The van der Waals surface area contributed by atoms with Gasteiger partial charge in [0.1, 0.15) is 5.75 Å². The zero-order chi connectivity index (χ0) is 25.9. The van der Waals surface area contributed by atoms with Gasteiger partial charge in [0.15, 0.2) is 11.6 Å². The van der Waals surface area contributed by atoms with Crippen molar-refractivity contribution in [2.45, 2.75) is 44.1 Å². The van der Waals surface area contributed by atoms with E-state index < -0.39 is 5.82 Å². The number of halogens is 1. The molecule has 0 radical (unpaired) electrons. The van der Waals surface area contributed by atoms with Gasteiger partial charge in [-0.15, -0.1) is 0 Å². The number of nitrogens with zero attached hydrogens (tertiary/aromatic N) is 2. The second-order valence-corrected chi connectivity index (χ2v) is 10.1. The molecular weight excluding hydrogens is 471 g/mol. The molecule has 9 heteroatoms. The molecule has 2 aromatic carbocycles. The smallest absolute Gasteiger partial charge is 0.247 e. The van der Waals surface area contributed by atoms with Gasteiger partial charge in [0.25, 0.3) is 0 Å². The van der Waals surface area contributed by atoms with E-state index >= 15 is 0 Å². The topological polar surface area (TPSA) is 114 Å². The minimum absolute atomic E-state index is 0.00165. The lowest BCUT2D eigenvalue weighted by Gasteiger charge is -2.51. The van der Waals surface area contributed by atoms with Crippen LogP contribution in [0.4, 0.5) is 33.2 Å². The summed E-state index contributed by atoms with van der Waals surface area (Å²) in [4.78, 5) is 19.9. The molecule has 3 saturated carbocycles. The van der Waals surface area contributed by atoms with Crippen molar-refractivity contribution >= 4 is 34.7 Å². The van der Waals surface area contributed by atoms with Gasteiger partial charge in [0.05, 0.1) is 12.8 Å². The molecule has 1 aromatic heterocycles. The molecule has 6 rings (SSSR count). The van der Waals surface area contributed by atoms with Crippen LogP contribution in [0.5, 0.6) is 5.75 Å². The van der Waals surface area contributed by atoms with Crippen LogP contribution in [0.3, 0.4) is 0 Å².